The number of anilines is 1. The Bertz CT molecular complexity index is 272. The highest BCUT2D eigenvalue weighted by atomic mass is 35.5. The van der Waals surface area contributed by atoms with Crippen LogP contribution in [0.15, 0.2) is 12.1 Å². The average Bonchev–Trinajstić information content (AvgIpc) is 2.20. The summed E-state index contributed by atoms with van der Waals surface area (Å²) < 4.78 is 5.27. The van der Waals surface area contributed by atoms with Gasteiger partial charge in [0.2, 0.25) is 0 Å². The van der Waals surface area contributed by atoms with Crippen LogP contribution in [0, 0.1) is 0 Å². The lowest BCUT2D eigenvalue weighted by molar-refractivity contribution is 0.0843. The smallest absolute Gasteiger partial charge is 0.146 e. The molecule has 2 N–H and O–H groups in total. The zero-order chi connectivity index (χ0) is 9.10. The SMILES string of the molecule is Cl.Nc1ccc(C2CCOCC2)nn1. The maximum absolute atomic E-state index is 5.46. The summed E-state index contributed by atoms with van der Waals surface area (Å²) in [5.74, 6) is 0.984. The molecule has 0 aliphatic carbocycles. The van der Waals surface area contributed by atoms with Crippen LogP contribution in [0.1, 0.15) is 24.5 Å². The molecule has 1 aliphatic heterocycles. The van der Waals surface area contributed by atoms with Gasteiger partial charge in [-0.2, -0.15) is 5.10 Å². The fourth-order valence-electron chi connectivity index (χ4n) is 1.56. The summed E-state index contributed by atoms with van der Waals surface area (Å²) in [5.41, 5.74) is 6.50. The second-order valence-electron chi connectivity index (χ2n) is 3.27. The summed E-state index contributed by atoms with van der Waals surface area (Å²) in [6.45, 7) is 1.66. The molecule has 1 aromatic rings. The Morgan fingerprint density at radius 2 is 1.93 bits per heavy atom. The first-order valence-corrected chi connectivity index (χ1v) is 4.53. The minimum absolute atomic E-state index is 0. The number of hydrogen-bond donors (Lipinski definition) is 1. The summed E-state index contributed by atoms with van der Waals surface area (Å²) in [5, 5.41) is 7.91. The number of hydrogen-bond acceptors (Lipinski definition) is 4. The van der Waals surface area contributed by atoms with Gasteiger partial charge in [-0.1, -0.05) is 0 Å². The minimum atomic E-state index is 0. The fourth-order valence-corrected chi connectivity index (χ4v) is 1.56. The number of nitrogens with two attached hydrogens (primary N) is 1. The van der Waals surface area contributed by atoms with Gasteiger partial charge in [0.05, 0.1) is 5.69 Å². The highest BCUT2D eigenvalue weighted by Gasteiger charge is 2.16. The molecule has 0 atom stereocenters. The average molecular weight is 216 g/mol. The molecule has 5 heteroatoms. The molecule has 0 radical (unpaired) electrons. The first kappa shape index (κ1) is 11.2. The van der Waals surface area contributed by atoms with Gasteiger partial charge in [0.25, 0.3) is 0 Å². The molecule has 0 spiro atoms. The minimum Gasteiger partial charge on any atom is -0.382 e. The maximum atomic E-state index is 5.46. The standard InChI is InChI=1S/C9H13N3O.ClH/c10-9-2-1-8(11-12-9)7-3-5-13-6-4-7;/h1-2,7H,3-6H2,(H2,10,12);1H. The summed E-state index contributed by atoms with van der Waals surface area (Å²) in [6.07, 6.45) is 2.08. The largest absolute Gasteiger partial charge is 0.382 e. The molecular formula is C9H14ClN3O. The number of aromatic nitrogens is 2. The second-order valence-corrected chi connectivity index (χ2v) is 3.27. The van der Waals surface area contributed by atoms with Crippen LogP contribution >= 0.6 is 12.4 Å². The molecule has 78 valence electrons. The molecule has 2 rings (SSSR count). The van der Waals surface area contributed by atoms with E-state index >= 15 is 0 Å². The lowest BCUT2D eigenvalue weighted by atomic mass is 9.96. The zero-order valence-corrected chi connectivity index (χ0v) is 8.67. The van der Waals surface area contributed by atoms with E-state index in [1.807, 2.05) is 6.07 Å². The third kappa shape index (κ3) is 2.56. The Kier molecular flexibility index (Phi) is 4.10. The zero-order valence-electron chi connectivity index (χ0n) is 7.85. The van der Waals surface area contributed by atoms with Crippen molar-refractivity contribution >= 4 is 18.2 Å². The van der Waals surface area contributed by atoms with Crippen molar-refractivity contribution in [1.29, 1.82) is 0 Å². The number of nitrogen functional groups attached to an aromatic ring is 1. The summed E-state index contributed by atoms with van der Waals surface area (Å²) >= 11 is 0. The van der Waals surface area contributed by atoms with Crippen molar-refractivity contribution in [2.45, 2.75) is 18.8 Å². The third-order valence-corrected chi connectivity index (χ3v) is 2.35. The van der Waals surface area contributed by atoms with Crippen molar-refractivity contribution in [1.82, 2.24) is 10.2 Å². The Hall–Kier alpha value is -0.870. The molecule has 0 unspecified atom stereocenters. The number of halogens is 1. The first-order valence-electron chi connectivity index (χ1n) is 4.53. The second kappa shape index (κ2) is 5.12. The lowest BCUT2D eigenvalue weighted by Gasteiger charge is -2.20. The molecule has 2 heterocycles. The quantitative estimate of drug-likeness (QED) is 0.769. The number of nitrogens with zero attached hydrogens (tertiary/aromatic N) is 2. The van der Waals surface area contributed by atoms with E-state index in [0.29, 0.717) is 11.7 Å². The van der Waals surface area contributed by atoms with E-state index < -0.39 is 0 Å². The van der Waals surface area contributed by atoms with Crippen molar-refractivity contribution < 1.29 is 4.74 Å². The Labute approximate surface area is 89.3 Å². The van der Waals surface area contributed by atoms with Crippen LogP contribution in [-0.4, -0.2) is 23.4 Å². The normalized spacial score (nSPS) is 17.4. The van der Waals surface area contributed by atoms with Crippen LogP contribution in [0.4, 0.5) is 5.82 Å². The fraction of sp³-hybridized carbons (Fsp3) is 0.556. The number of rotatable bonds is 1. The Morgan fingerprint density at radius 1 is 1.21 bits per heavy atom. The van der Waals surface area contributed by atoms with Gasteiger partial charge in [-0.15, -0.1) is 17.5 Å². The van der Waals surface area contributed by atoms with Gasteiger partial charge in [-0.3, -0.25) is 0 Å². The van der Waals surface area contributed by atoms with E-state index in [4.69, 9.17) is 10.5 Å². The lowest BCUT2D eigenvalue weighted by Crippen LogP contribution is -2.15. The van der Waals surface area contributed by atoms with E-state index in [2.05, 4.69) is 10.2 Å². The van der Waals surface area contributed by atoms with Crippen LogP contribution < -0.4 is 5.73 Å². The molecule has 4 nitrogen and oxygen atoms in total. The summed E-state index contributed by atoms with van der Waals surface area (Å²) in [6, 6.07) is 3.76. The predicted molar refractivity (Wildman–Crippen MR) is 56.5 cm³/mol. The van der Waals surface area contributed by atoms with Crippen molar-refractivity contribution in [2.24, 2.45) is 0 Å². The van der Waals surface area contributed by atoms with Crippen molar-refractivity contribution in [2.75, 3.05) is 18.9 Å². The third-order valence-electron chi connectivity index (χ3n) is 2.35. The Balaban J connectivity index is 0.000000980. The van der Waals surface area contributed by atoms with Gasteiger partial charge in [-0.25, -0.2) is 0 Å². The van der Waals surface area contributed by atoms with Gasteiger partial charge in [0.15, 0.2) is 0 Å². The van der Waals surface area contributed by atoms with E-state index in [0.717, 1.165) is 31.7 Å². The van der Waals surface area contributed by atoms with Crippen LogP contribution in [0.25, 0.3) is 0 Å². The monoisotopic (exact) mass is 215 g/mol. The Morgan fingerprint density at radius 3 is 2.50 bits per heavy atom. The van der Waals surface area contributed by atoms with Crippen molar-refractivity contribution in [3.8, 4) is 0 Å². The summed E-state index contributed by atoms with van der Waals surface area (Å²) in [4.78, 5) is 0. The molecule has 0 bridgehead atoms. The molecule has 0 aromatic carbocycles. The topological polar surface area (TPSA) is 61.0 Å². The van der Waals surface area contributed by atoms with Gasteiger partial charge in [0, 0.05) is 19.1 Å². The molecule has 0 saturated carbocycles. The number of ether oxygens (including phenoxy) is 1. The van der Waals surface area contributed by atoms with E-state index in [1.54, 1.807) is 6.07 Å². The molecular weight excluding hydrogens is 202 g/mol. The molecule has 14 heavy (non-hydrogen) atoms. The molecule has 0 amide bonds. The first-order chi connectivity index (χ1) is 6.36. The van der Waals surface area contributed by atoms with Gasteiger partial charge < -0.3 is 10.5 Å². The molecule has 1 aliphatic rings. The summed E-state index contributed by atoms with van der Waals surface area (Å²) in [7, 11) is 0. The van der Waals surface area contributed by atoms with Gasteiger partial charge >= 0.3 is 0 Å². The van der Waals surface area contributed by atoms with Crippen LogP contribution in [-0.2, 0) is 4.74 Å². The molecule has 1 aromatic heterocycles. The van der Waals surface area contributed by atoms with Gasteiger partial charge in [-0.05, 0) is 25.0 Å². The van der Waals surface area contributed by atoms with Crippen LogP contribution in [0.2, 0.25) is 0 Å². The predicted octanol–water partition coefficient (Wildman–Crippen LogP) is 1.37. The highest BCUT2D eigenvalue weighted by Crippen LogP contribution is 2.24. The van der Waals surface area contributed by atoms with E-state index in [9.17, 15) is 0 Å². The van der Waals surface area contributed by atoms with Gasteiger partial charge in [0.1, 0.15) is 5.82 Å². The van der Waals surface area contributed by atoms with E-state index in [1.165, 1.54) is 0 Å². The van der Waals surface area contributed by atoms with Crippen molar-refractivity contribution in [3.63, 3.8) is 0 Å². The van der Waals surface area contributed by atoms with E-state index in [-0.39, 0.29) is 12.4 Å². The maximum Gasteiger partial charge on any atom is 0.146 e. The molecule has 1 saturated heterocycles. The highest BCUT2D eigenvalue weighted by molar-refractivity contribution is 5.85. The van der Waals surface area contributed by atoms with Crippen LogP contribution in [0.3, 0.4) is 0 Å². The van der Waals surface area contributed by atoms with Crippen molar-refractivity contribution in [3.05, 3.63) is 17.8 Å². The van der Waals surface area contributed by atoms with Crippen LogP contribution in [0.5, 0.6) is 0 Å². The molecule has 1 fully saturated rings.